The number of likely N-dealkylation sites (tertiary alicyclic amines) is 1. The second-order valence-corrected chi connectivity index (χ2v) is 8.21. The highest BCUT2D eigenvalue weighted by atomic mass is 32.2. The number of amides is 1. The molecule has 1 aromatic heterocycles. The molecule has 0 aliphatic carbocycles. The fourth-order valence-electron chi connectivity index (χ4n) is 2.65. The van der Waals surface area contributed by atoms with Gasteiger partial charge in [0, 0.05) is 18.8 Å². The summed E-state index contributed by atoms with van der Waals surface area (Å²) >= 11 is 0. The maximum atomic E-state index is 12.7. The lowest BCUT2D eigenvalue weighted by Gasteiger charge is -2.36. The van der Waals surface area contributed by atoms with Crippen molar-refractivity contribution >= 4 is 16.9 Å². The third-order valence-electron chi connectivity index (χ3n) is 3.71. The van der Waals surface area contributed by atoms with E-state index >= 15 is 0 Å². The molecular formula is C17H23N3O3S. The molecule has 7 heteroatoms. The Hall–Kier alpha value is -1.94. The van der Waals surface area contributed by atoms with Crippen molar-refractivity contribution < 1.29 is 13.7 Å². The topological polar surface area (TPSA) is 83.3 Å². The molecule has 0 radical (unpaired) electrons. The van der Waals surface area contributed by atoms with E-state index in [0.717, 1.165) is 19.3 Å². The van der Waals surface area contributed by atoms with Crippen LogP contribution in [-0.4, -0.2) is 44.1 Å². The molecule has 1 aliphatic heterocycles. The van der Waals surface area contributed by atoms with E-state index in [0.29, 0.717) is 12.1 Å². The second-order valence-electron chi connectivity index (χ2n) is 6.80. The predicted molar refractivity (Wildman–Crippen MR) is 90.8 cm³/mol. The van der Waals surface area contributed by atoms with Crippen LogP contribution in [0.15, 0.2) is 23.4 Å². The van der Waals surface area contributed by atoms with Crippen LogP contribution in [0.4, 0.5) is 4.79 Å². The Morgan fingerprint density at radius 3 is 2.92 bits per heavy atom. The first-order valence-electron chi connectivity index (χ1n) is 8.05. The van der Waals surface area contributed by atoms with E-state index in [1.54, 1.807) is 17.0 Å². The summed E-state index contributed by atoms with van der Waals surface area (Å²) in [7, 11) is -1.44. The maximum Gasteiger partial charge on any atom is 0.410 e. The van der Waals surface area contributed by atoms with E-state index < -0.39 is 16.4 Å². The lowest BCUT2D eigenvalue weighted by atomic mass is 10.0. The molecule has 6 nitrogen and oxygen atoms in total. The van der Waals surface area contributed by atoms with Gasteiger partial charge in [0.15, 0.2) is 0 Å². The van der Waals surface area contributed by atoms with Crippen LogP contribution in [0.3, 0.4) is 0 Å². The summed E-state index contributed by atoms with van der Waals surface area (Å²) in [5.74, 6) is 0.269. The first-order valence-corrected chi connectivity index (χ1v) is 9.37. The smallest absolute Gasteiger partial charge is 0.410 e. The van der Waals surface area contributed by atoms with Gasteiger partial charge in [-0.25, -0.2) is 9.78 Å². The van der Waals surface area contributed by atoms with Crippen molar-refractivity contribution in [2.24, 2.45) is 0 Å². The number of aromatic nitrogens is 1. The van der Waals surface area contributed by atoms with Crippen molar-refractivity contribution in [3.8, 4) is 6.07 Å². The number of carbonyl (C=O) groups is 1. The quantitative estimate of drug-likeness (QED) is 0.838. The van der Waals surface area contributed by atoms with Gasteiger partial charge in [0.2, 0.25) is 0 Å². The summed E-state index contributed by atoms with van der Waals surface area (Å²) in [6, 6.07) is 5.10. The Labute approximate surface area is 145 Å². The van der Waals surface area contributed by atoms with Gasteiger partial charge in [-0.15, -0.1) is 0 Å². The number of pyridine rings is 1. The van der Waals surface area contributed by atoms with Crippen molar-refractivity contribution in [3.63, 3.8) is 0 Å². The van der Waals surface area contributed by atoms with Gasteiger partial charge in [-0.3, -0.25) is 4.21 Å². The highest BCUT2D eigenvalue weighted by molar-refractivity contribution is 7.85. The first kappa shape index (κ1) is 18.4. The first-order chi connectivity index (χ1) is 11.3. The number of rotatable bonds is 3. The van der Waals surface area contributed by atoms with Crippen molar-refractivity contribution in [1.82, 2.24) is 9.88 Å². The molecule has 2 heterocycles. The molecule has 1 aliphatic rings. The SMILES string of the molecule is CC(C)(C)OC(=O)N1CCCC[C@H]1C[S@](=O)c1ncccc1C#N. The monoisotopic (exact) mass is 349 g/mol. The molecule has 24 heavy (non-hydrogen) atoms. The van der Waals surface area contributed by atoms with E-state index in [-0.39, 0.29) is 22.9 Å². The predicted octanol–water partition coefficient (Wildman–Crippen LogP) is 2.85. The molecule has 1 aromatic rings. The minimum atomic E-state index is -1.44. The van der Waals surface area contributed by atoms with E-state index in [9.17, 15) is 9.00 Å². The summed E-state index contributed by atoms with van der Waals surface area (Å²) in [5, 5.41) is 9.42. The lowest BCUT2D eigenvalue weighted by Crippen LogP contribution is -2.48. The zero-order chi connectivity index (χ0) is 17.7. The van der Waals surface area contributed by atoms with Crippen LogP contribution >= 0.6 is 0 Å². The number of nitriles is 1. The summed E-state index contributed by atoms with van der Waals surface area (Å²) < 4.78 is 18.1. The number of carbonyl (C=O) groups excluding carboxylic acids is 1. The van der Waals surface area contributed by atoms with E-state index in [1.165, 1.54) is 6.20 Å². The van der Waals surface area contributed by atoms with Crippen molar-refractivity contribution in [2.45, 2.75) is 56.7 Å². The van der Waals surface area contributed by atoms with Gasteiger partial charge in [-0.2, -0.15) is 5.26 Å². The average molecular weight is 349 g/mol. The van der Waals surface area contributed by atoms with E-state index in [1.807, 2.05) is 26.8 Å². The average Bonchev–Trinajstić information content (AvgIpc) is 2.53. The zero-order valence-electron chi connectivity index (χ0n) is 14.3. The van der Waals surface area contributed by atoms with Crippen LogP contribution in [0, 0.1) is 11.3 Å². The Bertz CT molecular complexity index is 664. The Balaban J connectivity index is 2.12. The van der Waals surface area contributed by atoms with Crippen LogP contribution < -0.4 is 0 Å². The number of nitrogens with zero attached hydrogens (tertiary/aromatic N) is 3. The van der Waals surface area contributed by atoms with Gasteiger partial charge in [-0.05, 0) is 52.2 Å². The molecule has 0 N–H and O–H groups in total. The summed E-state index contributed by atoms with van der Waals surface area (Å²) in [5.41, 5.74) is -0.247. The van der Waals surface area contributed by atoms with E-state index in [4.69, 9.17) is 10.00 Å². The van der Waals surface area contributed by atoms with Crippen molar-refractivity contribution in [3.05, 3.63) is 23.9 Å². The molecule has 1 fully saturated rings. The Morgan fingerprint density at radius 1 is 1.50 bits per heavy atom. The number of hydrogen-bond acceptors (Lipinski definition) is 5. The molecule has 1 saturated heterocycles. The van der Waals surface area contributed by atoms with Crippen LogP contribution in [0.1, 0.15) is 45.6 Å². The van der Waals surface area contributed by atoms with Gasteiger partial charge in [0.05, 0.1) is 22.1 Å². The van der Waals surface area contributed by atoms with Crippen LogP contribution in [0.5, 0.6) is 0 Å². The van der Waals surface area contributed by atoms with Gasteiger partial charge < -0.3 is 9.64 Å². The minimum Gasteiger partial charge on any atom is -0.444 e. The molecule has 0 aromatic carbocycles. The highest BCUT2D eigenvalue weighted by Gasteiger charge is 2.32. The third-order valence-corrected chi connectivity index (χ3v) is 5.15. The van der Waals surface area contributed by atoms with Crippen molar-refractivity contribution in [2.75, 3.05) is 12.3 Å². The van der Waals surface area contributed by atoms with Gasteiger partial charge in [0.25, 0.3) is 0 Å². The standard InChI is InChI=1S/C17H23N3O3S/c1-17(2,3)23-16(21)20-10-5-4-8-14(20)12-24(22)15-13(11-18)7-6-9-19-15/h6-7,9,14H,4-5,8,10,12H2,1-3H3/t14-,24-/m0/s1. The number of ether oxygens (including phenoxy) is 1. The van der Waals surface area contributed by atoms with Gasteiger partial charge >= 0.3 is 6.09 Å². The third kappa shape index (κ3) is 4.78. The van der Waals surface area contributed by atoms with Crippen LogP contribution in [0.2, 0.25) is 0 Å². The normalized spacial score (nSPS) is 19.4. The Morgan fingerprint density at radius 2 is 2.25 bits per heavy atom. The molecule has 2 atom stereocenters. The molecular weight excluding hydrogens is 326 g/mol. The minimum absolute atomic E-state index is 0.164. The molecule has 0 saturated carbocycles. The summed E-state index contributed by atoms with van der Waals surface area (Å²) in [6.45, 7) is 6.09. The molecule has 1 amide bonds. The molecule has 0 unspecified atom stereocenters. The molecule has 0 spiro atoms. The second kappa shape index (κ2) is 7.75. The van der Waals surface area contributed by atoms with Crippen LogP contribution in [-0.2, 0) is 15.5 Å². The summed E-state index contributed by atoms with van der Waals surface area (Å²) in [4.78, 5) is 18.2. The lowest BCUT2D eigenvalue weighted by molar-refractivity contribution is 0.0125. The summed E-state index contributed by atoms with van der Waals surface area (Å²) in [6.07, 6.45) is 3.83. The Kier molecular flexibility index (Phi) is 5.94. The van der Waals surface area contributed by atoms with Gasteiger partial charge in [0.1, 0.15) is 16.7 Å². The molecule has 0 bridgehead atoms. The fraction of sp³-hybridized carbons (Fsp3) is 0.588. The molecule has 2 rings (SSSR count). The van der Waals surface area contributed by atoms with Crippen LogP contribution in [0.25, 0.3) is 0 Å². The highest BCUT2D eigenvalue weighted by Crippen LogP contribution is 2.22. The zero-order valence-corrected chi connectivity index (χ0v) is 15.1. The maximum absolute atomic E-state index is 12.7. The largest absolute Gasteiger partial charge is 0.444 e. The number of hydrogen-bond donors (Lipinski definition) is 0. The van der Waals surface area contributed by atoms with Gasteiger partial charge in [-0.1, -0.05) is 0 Å². The number of piperidine rings is 1. The van der Waals surface area contributed by atoms with Crippen molar-refractivity contribution in [1.29, 1.82) is 5.26 Å². The molecule has 130 valence electrons. The fourth-order valence-corrected chi connectivity index (χ4v) is 4.04. The van der Waals surface area contributed by atoms with E-state index in [2.05, 4.69) is 4.98 Å².